The number of benzene rings is 2. The quantitative estimate of drug-likeness (QED) is 0.371. The molecule has 0 saturated heterocycles. The molecule has 1 atom stereocenters. The summed E-state index contributed by atoms with van der Waals surface area (Å²) in [7, 11) is 3.18. The minimum atomic E-state index is -0.299. The van der Waals surface area contributed by atoms with Gasteiger partial charge in [0.15, 0.2) is 11.5 Å². The minimum Gasteiger partial charge on any atom is -0.493 e. The predicted molar refractivity (Wildman–Crippen MR) is 111 cm³/mol. The second kappa shape index (κ2) is 6.90. The van der Waals surface area contributed by atoms with Crippen LogP contribution in [0.3, 0.4) is 0 Å². The predicted octanol–water partition coefficient (Wildman–Crippen LogP) is 4.05. The van der Waals surface area contributed by atoms with Gasteiger partial charge < -0.3 is 18.6 Å². The molecule has 0 amide bonds. The van der Waals surface area contributed by atoms with E-state index in [1.54, 1.807) is 14.2 Å². The Morgan fingerprint density at radius 3 is 2.53 bits per heavy atom. The molecular formula is C24H22O6. The van der Waals surface area contributed by atoms with Gasteiger partial charge in [0.05, 0.1) is 26.0 Å². The van der Waals surface area contributed by atoms with Gasteiger partial charge in [-0.25, -0.2) is 4.79 Å². The lowest BCUT2D eigenvalue weighted by molar-refractivity contribution is -0.135. The Morgan fingerprint density at radius 2 is 1.77 bits per heavy atom. The molecular weight excluding hydrogens is 384 g/mol. The first-order chi connectivity index (χ1) is 14.5. The van der Waals surface area contributed by atoms with Crippen molar-refractivity contribution in [2.45, 2.75) is 38.5 Å². The molecule has 0 bridgehead atoms. The van der Waals surface area contributed by atoms with Crippen LogP contribution in [0.1, 0.15) is 46.6 Å². The van der Waals surface area contributed by atoms with E-state index in [2.05, 4.69) is 0 Å². The van der Waals surface area contributed by atoms with Crippen molar-refractivity contribution in [3.05, 3.63) is 62.5 Å². The van der Waals surface area contributed by atoms with Crippen LogP contribution in [0.5, 0.6) is 17.2 Å². The van der Waals surface area contributed by atoms with E-state index < -0.39 is 0 Å². The van der Waals surface area contributed by atoms with E-state index in [1.165, 1.54) is 0 Å². The molecule has 5 rings (SSSR count). The highest BCUT2D eigenvalue weighted by atomic mass is 16.5. The molecule has 3 aromatic rings. The largest absolute Gasteiger partial charge is 0.493 e. The van der Waals surface area contributed by atoms with Crippen molar-refractivity contribution in [1.29, 1.82) is 0 Å². The number of hydrogen-bond acceptors (Lipinski definition) is 6. The van der Waals surface area contributed by atoms with Crippen molar-refractivity contribution in [2.24, 2.45) is 0 Å². The molecule has 2 aromatic carbocycles. The summed E-state index contributed by atoms with van der Waals surface area (Å²) in [5, 5.41) is 0.765. The molecule has 1 aliphatic heterocycles. The highest BCUT2D eigenvalue weighted by Gasteiger charge is 2.34. The van der Waals surface area contributed by atoms with Crippen LogP contribution in [0.15, 0.2) is 33.5 Å². The van der Waals surface area contributed by atoms with Gasteiger partial charge >= 0.3 is 11.6 Å². The molecule has 0 fully saturated rings. The Bertz CT molecular complexity index is 1250. The lowest BCUT2D eigenvalue weighted by Gasteiger charge is -2.28. The van der Waals surface area contributed by atoms with E-state index in [4.69, 9.17) is 18.6 Å². The number of carbonyl (C=O) groups is 1. The van der Waals surface area contributed by atoms with Gasteiger partial charge in [-0.15, -0.1) is 0 Å². The van der Waals surface area contributed by atoms with Crippen LogP contribution in [0.2, 0.25) is 0 Å². The maximum atomic E-state index is 12.6. The summed E-state index contributed by atoms with van der Waals surface area (Å²) in [5.41, 5.74) is 4.69. The fraction of sp³-hybridized carbons (Fsp3) is 0.333. The smallest absolute Gasteiger partial charge is 0.339 e. The van der Waals surface area contributed by atoms with Gasteiger partial charge in [-0.1, -0.05) is 6.07 Å². The number of esters is 1. The zero-order valence-corrected chi connectivity index (χ0v) is 17.2. The van der Waals surface area contributed by atoms with E-state index in [0.717, 1.165) is 40.5 Å². The lowest BCUT2D eigenvalue weighted by Crippen LogP contribution is -2.23. The highest BCUT2D eigenvalue weighted by Crippen LogP contribution is 2.47. The third-order valence-electron chi connectivity index (χ3n) is 6.20. The second-order valence-corrected chi connectivity index (χ2v) is 7.85. The molecule has 2 aliphatic rings. The third kappa shape index (κ3) is 2.70. The first-order valence-corrected chi connectivity index (χ1v) is 10.1. The summed E-state index contributed by atoms with van der Waals surface area (Å²) in [5.74, 6) is 1.29. The molecule has 0 saturated carbocycles. The zero-order valence-electron chi connectivity index (χ0n) is 17.2. The average Bonchev–Trinajstić information content (AvgIpc) is 3.22. The Labute approximate surface area is 173 Å². The summed E-state index contributed by atoms with van der Waals surface area (Å²) >= 11 is 0. The van der Waals surface area contributed by atoms with Crippen molar-refractivity contribution in [2.75, 3.05) is 14.2 Å². The van der Waals surface area contributed by atoms with Crippen LogP contribution in [-0.2, 0) is 17.6 Å². The topological polar surface area (TPSA) is 75.0 Å². The monoisotopic (exact) mass is 406 g/mol. The van der Waals surface area contributed by atoms with Crippen LogP contribution in [-0.4, -0.2) is 20.2 Å². The van der Waals surface area contributed by atoms with Crippen LogP contribution in [0.4, 0.5) is 0 Å². The third-order valence-corrected chi connectivity index (χ3v) is 6.20. The van der Waals surface area contributed by atoms with Gasteiger partial charge in [0, 0.05) is 17.0 Å². The Balaban J connectivity index is 1.78. The van der Waals surface area contributed by atoms with E-state index in [9.17, 15) is 9.59 Å². The van der Waals surface area contributed by atoms with Crippen molar-refractivity contribution in [3.63, 3.8) is 0 Å². The summed E-state index contributed by atoms with van der Waals surface area (Å²) in [4.78, 5) is 25.0. The number of rotatable bonds is 3. The van der Waals surface area contributed by atoms with Gasteiger partial charge in [-0.2, -0.15) is 0 Å². The van der Waals surface area contributed by atoms with E-state index >= 15 is 0 Å². The van der Waals surface area contributed by atoms with Crippen LogP contribution < -0.4 is 19.8 Å². The SMILES string of the molecule is COc1ccc([C@@H]2CC(=O)Oc3c2c(C)cc2oc(=O)c4c(c32)CCC4)cc1OC. The van der Waals surface area contributed by atoms with Gasteiger partial charge in [-0.05, 0) is 61.1 Å². The standard InChI is InChI=1S/C24H22O6/c1-12-9-19-22(14-5-4-6-15(14)24(26)29-19)23-21(12)16(11-20(25)30-23)13-7-8-17(27-2)18(10-13)28-3/h7-10,16H,4-6,11H2,1-3H3/t16-/m0/s1. The Morgan fingerprint density at radius 1 is 1.00 bits per heavy atom. The number of methoxy groups -OCH3 is 2. The maximum absolute atomic E-state index is 12.6. The molecule has 0 radical (unpaired) electrons. The second-order valence-electron chi connectivity index (χ2n) is 7.85. The normalized spacial score (nSPS) is 17.4. The maximum Gasteiger partial charge on any atom is 0.339 e. The zero-order chi connectivity index (χ0) is 21.0. The molecule has 6 nitrogen and oxygen atoms in total. The summed E-state index contributed by atoms with van der Waals surface area (Å²) in [6.45, 7) is 1.96. The minimum absolute atomic E-state index is 0.186. The fourth-order valence-electron chi connectivity index (χ4n) is 4.86. The number of fused-ring (bicyclic) bond motifs is 5. The molecule has 1 aliphatic carbocycles. The van der Waals surface area contributed by atoms with E-state index in [0.29, 0.717) is 34.8 Å². The highest BCUT2D eigenvalue weighted by molar-refractivity contribution is 5.95. The molecule has 6 heteroatoms. The number of aryl methyl sites for hydroxylation is 2. The van der Waals surface area contributed by atoms with Gasteiger partial charge in [0.1, 0.15) is 11.3 Å². The van der Waals surface area contributed by atoms with Gasteiger partial charge in [0.2, 0.25) is 0 Å². The van der Waals surface area contributed by atoms with E-state index in [-0.39, 0.29) is 23.9 Å². The first-order valence-electron chi connectivity index (χ1n) is 10.1. The summed E-state index contributed by atoms with van der Waals surface area (Å²) in [6.07, 6.45) is 2.61. The Hall–Kier alpha value is -3.28. The first kappa shape index (κ1) is 18.7. The van der Waals surface area contributed by atoms with Gasteiger partial charge in [-0.3, -0.25) is 4.79 Å². The van der Waals surface area contributed by atoms with Crippen molar-refractivity contribution < 1.29 is 23.4 Å². The summed E-state index contributed by atoms with van der Waals surface area (Å²) < 4.78 is 22.2. The Kier molecular flexibility index (Phi) is 4.31. The molecule has 30 heavy (non-hydrogen) atoms. The van der Waals surface area contributed by atoms with E-state index in [1.807, 2.05) is 31.2 Å². The molecule has 1 aromatic heterocycles. The van der Waals surface area contributed by atoms with Crippen LogP contribution >= 0.6 is 0 Å². The number of hydrogen-bond donors (Lipinski definition) is 0. The molecule has 2 heterocycles. The molecule has 0 spiro atoms. The fourth-order valence-corrected chi connectivity index (χ4v) is 4.86. The number of carbonyl (C=O) groups excluding carboxylic acids is 1. The van der Waals surface area contributed by atoms with Crippen molar-refractivity contribution in [3.8, 4) is 17.2 Å². The number of ether oxygens (including phenoxy) is 3. The molecule has 0 unspecified atom stereocenters. The van der Waals surface area contributed by atoms with Crippen molar-refractivity contribution >= 4 is 16.9 Å². The summed E-state index contributed by atoms with van der Waals surface area (Å²) in [6, 6.07) is 7.60. The average molecular weight is 406 g/mol. The van der Waals surface area contributed by atoms with Crippen molar-refractivity contribution in [1.82, 2.24) is 0 Å². The van der Waals surface area contributed by atoms with Crippen LogP contribution in [0.25, 0.3) is 11.0 Å². The molecule has 154 valence electrons. The molecule has 0 N–H and O–H groups in total. The van der Waals surface area contributed by atoms with Gasteiger partial charge in [0.25, 0.3) is 0 Å². The van der Waals surface area contributed by atoms with Crippen LogP contribution in [0, 0.1) is 6.92 Å². The lowest BCUT2D eigenvalue weighted by atomic mass is 9.82.